The summed E-state index contributed by atoms with van der Waals surface area (Å²) in [6.07, 6.45) is 7.68. The summed E-state index contributed by atoms with van der Waals surface area (Å²) in [6, 6.07) is 0. The van der Waals surface area contributed by atoms with Crippen molar-refractivity contribution in [1.82, 2.24) is 0 Å². The Kier molecular flexibility index (Phi) is 3.89. The zero-order valence-corrected chi connectivity index (χ0v) is 15.4. The molecule has 0 aliphatic heterocycles. The van der Waals surface area contributed by atoms with Crippen LogP contribution < -0.4 is 0 Å². The minimum Gasteiger partial charge on any atom is -0.393 e. The fourth-order valence-electron chi connectivity index (χ4n) is 6.92. The maximum Gasteiger partial charge on any atom is 0.190 e. The predicted molar refractivity (Wildman–Crippen MR) is 95.0 cm³/mol. The molecule has 0 bridgehead atoms. The number of rotatable bonds is 2. The Bertz CT molecular complexity index is 724. The lowest BCUT2D eigenvalue weighted by Gasteiger charge is -2.59. The largest absolute Gasteiger partial charge is 0.393 e. The first-order valence-electron chi connectivity index (χ1n) is 9.66. The molecule has 3 N–H and O–H groups in total. The van der Waals surface area contributed by atoms with Crippen LogP contribution in [0.1, 0.15) is 46.0 Å². The Morgan fingerprint density at radius 3 is 2.73 bits per heavy atom. The van der Waals surface area contributed by atoms with Crippen molar-refractivity contribution in [1.29, 1.82) is 0 Å². The first-order valence-corrected chi connectivity index (χ1v) is 9.66. The van der Waals surface area contributed by atoms with E-state index < -0.39 is 29.5 Å². The van der Waals surface area contributed by atoms with Crippen LogP contribution in [0.2, 0.25) is 0 Å². The van der Waals surface area contributed by atoms with E-state index in [1.807, 2.05) is 13.0 Å². The van der Waals surface area contributed by atoms with Gasteiger partial charge in [0.25, 0.3) is 0 Å². The second-order valence-electron chi connectivity index (χ2n) is 9.19. The average Bonchev–Trinajstić information content (AvgIpc) is 2.86. The second-order valence-corrected chi connectivity index (χ2v) is 9.19. The molecule has 3 fully saturated rings. The smallest absolute Gasteiger partial charge is 0.190 e. The number of hydrogen-bond acceptors (Lipinski definition) is 5. The van der Waals surface area contributed by atoms with Gasteiger partial charge in [-0.05, 0) is 56.1 Å². The summed E-state index contributed by atoms with van der Waals surface area (Å²) in [6.45, 7) is 3.34. The van der Waals surface area contributed by atoms with Gasteiger partial charge in [0.2, 0.25) is 0 Å². The lowest BCUT2D eigenvalue weighted by atomic mass is 9.46. The number of carbonyl (C=O) groups is 2. The van der Waals surface area contributed by atoms with E-state index >= 15 is 0 Å². The maximum absolute atomic E-state index is 12.4. The van der Waals surface area contributed by atoms with Crippen molar-refractivity contribution in [2.45, 2.75) is 57.7 Å². The van der Waals surface area contributed by atoms with Crippen LogP contribution >= 0.6 is 0 Å². The molecule has 0 unspecified atom stereocenters. The Balaban J connectivity index is 1.75. The number of allylic oxidation sites excluding steroid dienone is 4. The topological polar surface area (TPSA) is 94.8 Å². The lowest BCUT2D eigenvalue weighted by Crippen LogP contribution is -2.61. The molecule has 0 aromatic rings. The van der Waals surface area contributed by atoms with E-state index in [0.29, 0.717) is 12.8 Å². The molecule has 0 heterocycles. The standard InChI is InChI=1S/C21H28O5/c1-19-7-5-13(23)9-12(19)3-4-14-15-6-8-21(26,17(25)11-22)20(15,2)10-16(24)18(14)19/h5,7,9,14-16,18,22,24,26H,3-4,6,8,10-11H2,1-2H3/t14-,15-,16-,18+,19-,20-,21+/m0/s1. The molecule has 0 aromatic carbocycles. The molecular formula is C21H28O5. The normalized spacial score (nSPS) is 49.9. The molecule has 5 heteroatoms. The molecule has 0 aromatic heterocycles. The third-order valence-electron chi connectivity index (χ3n) is 8.25. The van der Waals surface area contributed by atoms with E-state index in [9.17, 15) is 24.9 Å². The zero-order valence-electron chi connectivity index (χ0n) is 15.4. The van der Waals surface area contributed by atoms with E-state index in [0.717, 1.165) is 24.8 Å². The minimum atomic E-state index is -1.56. The van der Waals surface area contributed by atoms with Gasteiger partial charge in [-0.2, -0.15) is 0 Å². The average molecular weight is 360 g/mol. The van der Waals surface area contributed by atoms with Gasteiger partial charge in [0, 0.05) is 16.7 Å². The van der Waals surface area contributed by atoms with Crippen molar-refractivity contribution in [2.24, 2.45) is 28.6 Å². The molecule has 4 aliphatic rings. The van der Waals surface area contributed by atoms with Crippen molar-refractivity contribution < 1.29 is 24.9 Å². The maximum atomic E-state index is 12.4. The molecule has 0 radical (unpaired) electrons. The third kappa shape index (κ3) is 2.08. The Hall–Kier alpha value is -1.30. The number of fused-ring (bicyclic) bond motifs is 5. The van der Waals surface area contributed by atoms with Crippen LogP contribution in [0.25, 0.3) is 0 Å². The molecular weight excluding hydrogens is 332 g/mol. The van der Waals surface area contributed by atoms with Gasteiger partial charge in [-0.25, -0.2) is 0 Å². The SMILES string of the molecule is C[C@]12C=CC(=O)C=C1CC[C@@H]1[C@@H]2[C@@H](O)C[C@@]2(C)[C@H]1CC[C@@]2(O)C(=O)CO. The van der Waals surface area contributed by atoms with Gasteiger partial charge in [0.05, 0.1) is 6.10 Å². The van der Waals surface area contributed by atoms with Crippen LogP contribution in [-0.2, 0) is 9.59 Å². The van der Waals surface area contributed by atoms with E-state index in [1.54, 1.807) is 12.2 Å². The second kappa shape index (κ2) is 5.60. The molecule has 142 valence electrons. The highest BCUT2D eigenvalue weighted by Crippen LogP contribution is 2.67. The van der Waals surface area contributed by atoms with Crippen molar-refractivity contribution in [3.63, 3.8) is 0 Å². The molecule has 3 saturated carbocycles. The quantitative estimate of drug-likeness (QED) is 0.695. The summed E-state index contributed by atoms with van der Waals surface area (Å²) in [7, 11) is 0. The van der Waals surface area contributed by atoms with Gasteiger partial charge in [0.1, 0.15) is 12.2 Å². The highest BCUT2D eigenvalue weighted by Gasteiger charge is 2.67. The Morgan fingerprint density at radius 2 is 2.04 bits per heavy atom. The van der Waals surface area contributed by atoms with Crippen molar-refractivity contribution in [3.05, 3.63) is 23.8 Å². The monoisotopic (exact) mass is 360 g/mol. The Labute approximate surface area is 153 Å². The van der Waals surface area contributed by atoms with Crippen molar-refractivity contribution >= 4 is 11.6 Å². The summed E-state index contributed by atoms with van der Waals surface area (Å²) < 4.78 is 0. The van der Waals surface area contributed by atoms with Gasteiger partial charge in [-0.15, -0.1) is 0 Å². The summed E-state index contributed by atoms with van der Waals surface area (Å²) in [5, 5.41) is 31.7. The number of aliphatic hydroxyl groups excluding tert-OH is 2. The molecule has 7 atom stereocenters. The molecule has 0 amide bonds. The molecule has 0 spiro atoms. The van der Waals surface area contributed by atoms with Gasteiger partial charge in [-0.3, -0.25) is 9.59 Å². The number of Topliss-reactive ketones (excluding diaryl/α,β-unsaturated/α-hetero) is 1. The third-order valence-corrected chi connectivity index (χ3v) is 8.25. The lowest BCUT2D eigenvalue weighted by molar-refractivity contribution is -0.178. The molecule has 0 saturated heterocycles. The van der Waals surface area contributed by atoms with Crippen molar-refractivity contribution in [3.8, 4) is 0 Å². The van der Waals surface area contributed by atoms with Gasteiger partial charge < -0.3 is 15.3 Å². The van der Waals surface area contributed by atoms with Crippen LogP contribution in [-0.4, -0.2) is 45.2 Å². The van der Waals surface area contributed by atoms with E-state index in [2.05, 4.69) is 6.92 Å². The van der Waals surface area contributed by atoms with Crippen molar-refractivity contribution in [2.75, 3.05) is 6.61 Å². The highest BCUT2D eigenvalue weighted by atomic mass is 16.3. The predicted octanol–water partition coefficient (Wildman–Crippen LogP) is 1.56. The molecule has 26 heavy (non-hydrogen) atoms. The fourth-order valence-corrected chi connectivity index (χ4v) is 6.92. The summed E-state index contributed by atoms with van der Waals surface area (Å²) >= 11 is 0. The Morgan fingerprint density at radius 1 is 1.31 bits per heavy atom. The van der Waals surface area contributed by atoms with E-state index in [1.165, 1.54) is 0 Å². The summed E-state index contributed by atoms with van der Waals surface area (Å²) in [5.74, 6) is -0.227. The minimum absolute atomic E-state index is 0.00912. The van der Waals surface area contributed by atoms with E-state index in [4.69, 9.17) is 0 Å². The number of hydrogen-bond donors (Lipinski definition) is 3. The fraction of sp³-hybridized carbons (Fsp3) is 0.714. The number of ketones is 2. The van der Waals surface area contributed by atoms with E-state index in [-0.39, 0.29) is 29.0 Å². The van der Waals surface area contributed by atoms with Crippen LogP contribution in [0.5, 0.6) is 0 Å². The first-order chi connectivity index (χ1) is 12.2. The van der Waals surface area contributed by atoms with Crippen LogP contribution in [0, 0.1) is 28.6 Å². The zero-order chi connectivity index (χ0) is 18.9. The molecule has 4 rings (SSSR count). The number of carbonyl (C=O) groups excluding carboxylic acids is 2. The van der Waals surface area contributed by atoms with Crippen LogP contribution in [0.3, 0.4) is 0 Å². The van der Waals surface area contributed by atoms with Crippen LogP contribution in [0.15, 0.2) is 23.8 Å². The molecule has 4 aliphatic carbocycles. The summed E-state index contributed by atoms with van der Waals surface area (Å²) in [5.41, 5.74) is -1.54. The summed E-state index contributed by atoms with van der Waals surface area (Å²) in [4.78, 5) is 24.2. The highest BCUT2D eigenvalue weighted by molar-refractivity contribution is 6.01. The van der Waals surface area contributed by atoms with Gasteiger partial charge >= 0.3 is 0 Å². The van der Waals surface area contributed by atoms with Gasteiger partial charge in [-0.1, -0.05) is 25.5 Å². The van der Waals surface area contributed by atoms with Crippen LogP contribution in [0.4, 0.5) is 0 Å². The van der Waals surface area contributed by atoms with Gasteiger partial charge in [0.15, 0.2) is 11.6 Å². The first kappa shape index (κ1) is 18.1. The number of aliphatic hydroxyl groups is 3. The molecule has 5 nitrogen and oxygen atoms in total.